The topological polar surface area (TPSA) is 43.8 Å². The number of nitrogens with zero attached hydrogens (tertiary/aromatic N) is 2. The highest BCUT2D eigenvalue weighted by Crippen LogP contribution is 2.47. The summed E-state index contributed by atoms with van der Waals surface area (Å²) >= 11 is 0. The van der Waals surface area contributed by atoms with E-state index in [2.05, 4.69) is 35.8 Å². The van der Waals surface area contributed by atoms with Crippen molar-refractivity contribution in [2.24, 2.45) is 0 Å². The maximum absolute atomic E-state index is 6.41. The van der Waals surface area contributed by atoms with Gasteiger partial charge in [-0.05, 0) is 37.7 Å². The number of nitrogen functional groups attached to an aromatic ring is 1. The number of benzene rings is 1. The quantitative estimate of drug-likeness (QED) is 0.912. The van der Waals surface area contributed by atoms with E-state index in [0.717, 1.165) is 23.5 Å². The average molecular weight is 267 g/mol. The van der Waals surface area contributed by atoms with Crippen molar-refractivity contribution in [2.75, 3.05) is 5.73 Å². The van der Waals surface area contributed by atoms with E-state index in [9.17, 15) is 0 Å². The molecule has 1 aromatic heterocycles. The number of nitrogens with two attached hydrogens (primary N) is 1. The third-order valence-electron chi connectivity index (χ3n) is 4.47. The molecule has 0 atom stereocenters. The fourth-order valence-electron chi connectivity index (χ4n) is 2.92. The third-order valence-corrected chi connectivity index (χ3v) is 4.47. The van der Waals surface area contributed by atoms with E-state index in [4.69, 9.17) is 10.7 Å². The van der Waals surface area contributed by atoms with Gasteiger partial charge in [0.15, 0.2) is 0 Å². The van der Waals surface area contributed by atoms with Crippen LogP contribution in [0.5, 0.6) is 0 Å². The molecule has 2 aliphatic rings. The van der Waals surface area contributed by atoms with Crippen LogP contribution in [0.2, 0.25) is 0 Å². The molecule has 2 N–H and O–H groups in total. The fourth-order valence-corrected chi connectivity index (χ4v) is 2.92. The normalized spacial score (nSPS) is 18.4. The third kappa shape index (κ3) is 1.92. The molecular weight excluding hydrogens is 246 g/mol. The van der Waals surface area contributed by atoms with Crippen molar-refractivity contribution in [1.82, 2.24) is 9.55 Å². The Morgan fingerprint density at radius 1 is 1.15 bits per heavy atom. The van der Waals surface area contributed by atoms with Gasteiger partial charge in [0.05, 0.1) is 0 Å². The van der Waals surface area contributed by atoms with Crippen LogP contribution in [0.15, 0.2) is 24.3 Å². The predicted octanol–water partition coefficient (Wildman–Crippen LogP) is 3.91. The molecule has 1 aromatic carbocycles. The van der Waals surface area contributed by atoms with Crippen LogP contribution in [-0.4, -0.2) is 9.55 Å². The summed E-state index contributed by atoms with van der Waals surface area (Å²) in [4.78, 5) is 4.90. The first-order valence-corrected chi connectivity index (χ1v) is 7.74. The molecule has 104 valence electrons. The molecule has 2 aromatic rings. The van der Waals surface area contributed by atoms with E-state index in [1.807, 2.05) is 0 Å². The Morgan fingerprint density at radius 3 is 2.40 bits per heavy atom. The largest absolute Gasteiger partial charge is 0.383 e. The fraction of sp³-hybridized carbons (Fsp3) is 0.471. The van der Waals surface area contributed by atoms with Crippen molar-refractivity contribution in [3.8, 4) is 11.3 Å². The molecule has 3 heteroatoms. The van der Waals surface area contributed by atoms with Crippen molar-refractivity contribution in [3.63, 3.8) is 0 Å². The highest BCUT2D eigenvalue weighted by atomic mass is 15.2. The van der Waals surface area contributed by atoms with Crippen LogP contribution < -0.4 is 5.73 Å². The second kappa shape index (κ2) is 4.37. The number of hydrogen-bond acceptors (Lipinski definition) is 2. The molecule has 2 aliphatic carbocycles. The minimum Gasteiger partial charge on any atom is -0.383 e. The Labute approximate surface area is 119 Å². The van der Waals surface area contributed by atoms with Gasteiger partial charge in [-0.2, -0.15) is 0 Å². The lowest BCUT2D eigenvalue weighted by Crippen LogP contribution is -2.04. The molecule has 0 radical (unpaired) electrons. The number of aromatic nitrogens is 2. The van der Waals surface area contributed by atoms with Crippen molar-refractivity contribution in [1.29, 1.82) is 0 Å². The summed E-state index contributed by atoms with van der Waals surface area (Å²) in [5.74, 6) is 2.76. The van der Waals surface area contributed by atoms with E-state index in [-0.39, 0.29) is 0 Å². The number of rotatable bonds is 4. The molecule has 0 amide bonds. The summed E-state index contributed by atoms with van der Waals surface area (Å²) in [6.45, 7) is 2.18. The molecule has 0 bridgehead atoms. The summed E-state index contributed by atoms with van der Waals surface area (Å²) in [6.07, 6.45) is 6.14. The number of aryl methyl sites for hydroxylation is 1. The zero-order valence-electron chi connectivity index (χ0n) is 12.0. The van der Waals surface area contributed by atoms with E-state index >= 15 is 0 Å². The molecule has 1 heterocycles. The molecule has 0 spiro atoms. The van der Waals surface area contributed by atoms with Crippen LogP contribution in [0.4, 0.5) is 5.82 Å². The van der Waals surface area contributed by atoms with Crippen LogP contribution >= 0.6 is 0 Å². The van der Waals surface area contributed by atoms with Crippen molar-refractivity contribution < 1.29 is 0 Å². The van der Waals surface area contributed by atoms with E-state index in [1.54, 1.807) is 0 Å². The van der Waals surface area contributed by atoms with Gasteiger partial charge in [0, 0.05) is 17.5 Å². The molecule has 3 nitrogen and oxygen atoms in total. The van der Waals surface area contributed by atoms with Crippen molar-refractivity contribution in [2.45, 2.75) is 51.0 Å². The molecule has 0 aliphatic heterocycles. The monoisotopic (exact) mass is 267 g/mol. The van der Waals surface area contributed by atoms with Crippen molar-refractivity contribution >= 4 is 5.82 Å². The summed E-state index contributed by atoms with van der Waals surface area (Å²) in [5, 5.41) is 0. The molecule has 0 saturated heterocycles. The molecule has 20 heavy (non-hydrogen) atoms. The second-order valence-electron chi connectivity index (χ2n) is 6.13. The van der Waals surface area contributed by atoms with Crippen LogP contribution in [0.3, 0.4) is 0 Å². The number of anilines is 1. The molecule has 0 unspecified atom stereocenters. The van der Waals surface area contributed by atoms with Gasteiger partial charge in [0.25, 0.3) is 0 Å². The van der Waals surface area contributed by atoms with Crippen LogP contribution in [0.25, 0.3) is 11.3 Å². The maximum Gasteiger partial charge on any atom is 0.132 e. The molecule has 4 rings (SSSR count). The lowest BCUT2D eigenvalue weighted by molar-refractivity contribution is 0.691. The first-order valence-electron chi connectivity index (χ1n) is 7.74. The minimum atomic E-state index is 0.613. The Morgan fingerprint density at radius 2 is 1.85 bits per heavy atom. The van der Waals surface area contributed by atoms with Crippen molar-refractivity contribution in [3.05, 3.63) is 35.7 Å². The first-order chi connectivity index (χ1) is 9.78. The van der Waals surface area contributed by atoms with Gasteiger partial charge in [-0.3, -0.25) is 0 Å². The SMILES string of the molecule is CCc1ccc(-c2nc(C3CC3)n(C3CC3)c2N)cc1. The molecule has 2 saturated carbocycles. The Balaban J connectivity index is 1.78. The molecule has 2 fully saturated rings. The highest BCUT2D eigenvalue weighted by Gasteiger charge is 2.36. The molecular formula is C17H21N3. The average Bonchev–Trinajstić information content (AvgIpc) is 3.37. The first kappa shape index (κ1) is 12.0. The van der Waals surface area contributed by atoms with Gasteiger partial charge >= 0.3 is 0 Å². The van der Waals surface area contributed by atoms with E-state index < -0.39 is 0 Å². The lowest BCUT2D eigenvalue weighted by Gasteiger charge is -2.07. The van der Waals surface area contributed by atoms with Gasteiger partial charge in [0.1, 0.15) is 17.3 Å². The standard InChI is InChI=1S/C17H21N3/c1-2-11-3-5-12(6-4-11)15-16(18)20(14-9-10-14)17(19-15)13-7-8-13/h3-6,13-14H,2,7-10,18H2,1H3. The van der Waals surface area contributed by atoms with Gasteiger partial charge in [-0.1, -0.05) is 31.2 Å². The predicted molar refractivity (Wildman–Crippen MR) is 81.7 cm³/mol. The zero-order valence-corrected chi connectivity index (χ0v) is 12.0. The van der Waals surface area contributed by atoms with Crippen LogP contribution in [0, 0.1) is 0 Å². The van der Waals surface area contributed by atoms with Gasteiger partial charge < -0.3 is 10.3 Å². The van der Waals surface area contributed by atoms with Gasteiger partial charge in [-0.25, -0.2) is 4.98 Å². The smallest absolute Gasteiger partial charge is 0.132 e. The maximum atomic E-state index is 6.41. The minimum absolute atomic E-state index is 0.613. The van der Waals surface area contributed by atoms with Gasteiger partial charge in [0.2, 0.25) is 0 Å². The van der Waals surface area contributed by atoms with E-state index in [0.29, 0.717) is 12.0 Å². The zero-order chi connectivity index (χ0) is 13.7. The Bertz CT molecular complexity index is 631. The highest BCUT2D eigenvalue weighted by molar-refractivity contribution is 5.71. The van der Waals surface area contributed by atoms with Crippen LogP contribution in [0.1, 0.15) is 56.0 Å². The Hall–Kier alpha value is -1.77. The van der Waals surface area contributed by atoms with Gasteiger partial charge in [-0.15, -0.1) is 0 Å². The summed E-state index contributed by atoms with van der Waals surface area (Å²) in [6, 6.07) is 9.29. The van der Waals surface area contributed by atoms with E-state index in [1.165, 1.54) is 37.1 Å². The second-order valence-corrected chi connectivity index (χ2v) is 6.13. The number of hydrogen-bond donors (Lipinski definition) is 1. The Kier molecular flexibility index (Phi) is 2.62. The number of imidazole rings is 1. The van der Waals surface area contributed by atoms with Crippen LogP contribution in [-0.2, 0) is 6.42 Å². The summed E-state index contributed by atoms with van der Waals surface area (Å²) < 4.78 is 2.32. The summed E-state index contributed by atoms with van der Waals surface area (Å²) in [5.41, 5.74) is 9.91. The summed E-state index contributed by atoms with van der Waals surface area (Å²) in [7, 11) is 0. The lowest BCUT2D eigenvalue weighted by atomic mass is 10.1.